The van der Waals surface area contributed by atoms with Gasteiger partial charge in [-0.05, 0) is 81.8 Å². The molecule has 2 heterocycles. The Balaban J connectivity index is 1.91. The quantitative estimate of drug-likeness (QED) is 0.0433. The molecule has 0 spiro atoms. The first kappa shape index (κ1) is 82.4. The van der Waals surface area contributed by atoms with E-state index in [1.54, 1.807) is 95.3 Å². The number of amides is 10. The second-order valence-electron chi connectivity index (χ2n) is 26.7. The number of ketones is 3. The number of nitrogens with two attached hydrogens (primary N) is 1. The van der Waals surface area contributed by atoms with E-state index in [-0.39, 0.29) is 82.5 Å². The number of amidine groups is 1. The lowest BCUT2D eigenvalue weighted by Gasteiger charge is -2.35. The van der Waals surface area contributed by atoms with E-state index in [1.807, 2.05) is 0 Å². The molecular formula is C70H104N12O17. The number of aliphatic imine (C=N–C) groups is 1. The van der Waals surface area contributed by atoms with Gasteiger partial charge in [-0.25, -0.2) is 0 Å². The smallest absolute Gasteiger partial charge is 0.306 e. The molecule has 2 fully saturated rings. The average Bonchev–Trinajstić information content (AvgIpc) is 1.79. The maximum atomic E-state index is 15.1. The molecule has 0 aliphatic carbocycles. The lowest BCUT2D eigenvalue weighted by atomic mass is 9.93. The Labute approximate surface area is 579 Å². The van der Waals surface area contributed by atoms with Crippen LogP contribution >= 0.6 is 0 Å². The van der Waals surface area contributed by atoms with Crippen LogP contribution in [0, 0.1) is 29.6 Å². The maximum Gasteiger partial charge on any atom is 0.306 e. The number of carbonyl (C=O) groups is 14. The van der Waals surface area contributed by atoms with Crippen molar-refractivity contribution in [1.82, 2.24) is 51.5 Å². The molecule has 2 saturated heterocycles. The van der Waals surface area contributed by atoms with Crippen LogP contribution in [0.4, 0.5) is 0 Å². The highest BCUT2D eigenvalue weighted by atomic mass is 16.4. The van der Waals surface area contributed by atoms with Gasteiger partial charge in [-0.3, -0.25) is 67.3 Å². The first-order chi connectivity index (χ1) is 46.7. The summed E-state index contributed by atoms with van der Waals surface area (Å²) in [4.78, 5) is 209. The second-order valence-corrected chi connectivity index (χ2v) is 26.7. The SMILES string of the molecule is CC[C@H](C)[C@@H]1NC(=O)[C@H](CCC(C)=O)NC(=O)[C@H](C(C)C)NC(=O)[C@H](Cc2ccccc2)N(C)C(=O)[C@H](CO)CC(=O)[C@H](C)N(C)C(=O)C[C@@H](C(=O)N2CCC[C@H]2C(=O)C[C@@H](CCCN=C(C)N)C(=O)O)NC(=O)[C@H](C(C)C)NC(=O)[C@H](CO)NC(=O)[C@H](Cc2ccccc2)N(C)C1=O. The minimum atomic E-state index is -1.84. The first-order valence-electron chi connectivity index (χ1n) is 33.9. The zero-order valence-electron chi connectivity index (χ0n) is 59.1. The van der Waals surface area contributed by atoms with Crippen LogP contribution in [0.25, 0.3) is 0 Å². The van der Waals surface area contributed by atoms with Crippen LogP contribution in [0.5, 0.6) is 0 Å². The van der Waals surface area contributed by atoms with Crippen LogP contribution < -0.4 is 37.6 Å². The fourth-order valence-electron chi connectivity index (χ4n) is 11.9. The van der Waals surface area contributed by atoms with Gasteiger partial charge in [0.15, 0.2) is 11.6 Å². The number of carbonyl (C=O) groups excluding carboxylic acids is 13. The lowest BCUT2D eigenvalue weighted by molar-refractivity contribution is -0.147. The molecule has 0 unspecified atom stereocenters. The van der Waals surface area contributed by atoms with E-state index in [2.05, 4.69) is 36.9 Å². The monoisotopic (exact) mass is 1380 g/mol. The fourth-order valence-corrected chi connectivity index (χ4v) is 11.9. The van der Waals surface area contributed by atoms with Gasteiger partial charge in [0, 0.05) is 66.3 Å². The summed E-state index contributed by atoms with van der Waals surface area (Å²) in [5.74, 6) is -17.0. The Kier molecular flexibility index (Phi) is 32.9. The number of rotatable bonds is 22. The molecule has 29 nitrogen and oxygen atoms in total. The normalized spacial score (nSPS) is 25.4. The maximum absolute atomic E-state index is 15.1. The zero-order valence-corrected chi connectivity index (χ0v) is 59.1. The van der Waals surface area contributed by atoms with Crippen LogP contribution in [-0.2, 0) is 80.0 Å². The summed E-state index contributed by atoms with van der Waals surface area (Å²) in [6.07, 6.45) is -1.94. The van der Waals surface area contributed by atoms with E-state index < -0.39 is 199 Å². The minimum absolute atomic E-state index is 0.0461. The first-order valence-corrected chi connectivity index (χ1v) is 33.9. The number of Topliss-reactive ketones (excluding diaryl/α,β-unsaturated/α-hetero) is 3. The van der Waals surface area contributed by atoms with Gasteiger partial charge >= 0.3 is 5.97 Å². The van der Waals surface area contributed by atoms with Gasteiger partial charge in [-0.2, -0.15) is 0 Å². The number of nitrogens with one attached hydrogen (secondary N) is 6. The molecule has 2 aromatic rings. The highest BCUT2D eigenvalue weighted by molar-refractivity contribution is 6.01. The summed E-state index contributed by atoms with van der Waals surface area (Å²) >= 11 is 0. The van der Waals surface area contributed by atoms with E-state index in [9.17, 15) is 72.9 Å². The summed E-state index contributed by atoms with van der Waals surface area (Å²) in [6.45, 7) is 12.0. The van der Waals surface area contributed by atoms with Gasteiger partial charge in [-0.1, -0.05) is 109 Å². The van der Waals surface area contributed by atoms with Crippen molar-refractivity contribution in [3.05, 3.63) is 71.8 Å². The number of carboxylic acid groups (broad SMARTS) is 1. The molecule has 2 aliphatic heterocycles. The molecule has 546 valence electrons. The second kappa shape index (κ2) is 39.6. The third kappa shape index (κ3) is 24.2. The van der Waals surface area contributed by atoms with Crippen LogP contribution in [0.15, 0.2) is 65.7 Å². The number of likely N-dealkylation sites (N-methyl/N-ethyl adjacent to an activating group) is 3. The molecular weight excluding hydrogens is 1280 g/mol. The van der Waals surface area contributed by atoms with E-state index in [0.717, 1.165) is 19.6 Å². The Hall–Kier alpha value is -8.99. The fraction of sp³-hybridized carbons (Fsp3) is 0.614. The summed E-state index contributed by atoms with van der Waals surface area (Å²) in [7, 11) is 3.79. The molecule has 11 N–H and O–H groups in total. The highest BCUT2D eigenvalue weighted by Gasteiger charge is 2.44. The van der Waals surface area contributed by atoms with Crippen molar-refractivity contribution in [2.45, 2.75) is 200 Å². The van der Waals surface area contributed by atoms with Crippen molar-refractivity contribution in [3.8, 4) is 0 Å². The summed E-state index contributed by atoms with van der Waals surface area (Å²) in [5, 5.41) is 47.6. The van der Waals surface area contributed by atoms with Gasteiger partial charge in [0.25, 0.3) is 0 Å². The lowest BCUT2D eigenvalue weighted by Crippen LogP contribution is -2.62. The van der Waals surface area contributed by atoms with Crippen LogP contribution in [-0.4, -0.2) is 231 Å². The molecule has 0 saturated carbocycles. The van der Waals surface area contributed by atoms with Crippen LogP contribution in [0.3, 0.4) is 0 Å². The number of carboxylic acids is 1. The third-order valence-electron chi connectivity index (χ3n) is 18.5. The predicted octanol–water partition coefficient (Wildman–Crippen LogP) is 0.381. The molecule has 4 rings (SSSR count). The minimum Gasteiger partial charge on any atom is -0.481 e. The van der Waals surface area contributed by atoms with Gasteiger partial charge < -0.3 is 77.3 Å². The van der Waals surface area contributed by atoms with E-state index in [0.29, 0.717) is 11.1 Å². The summed E-state index contributed by atoms with van der Waals surface area (Å²) < 4.78 is 0. The van der Waals surface area contributed by atoms with Crippen molar-refractivity contribution in [2.75, 3.05) is 47.4 Å². The summed E-state index contributed by atoms with van der Waals surface area (Å²) in [5.41, 5.74) is 6.75. The standard InChI is InChI=1S/C70H104N12O17/c1-13-41(6)60-69(97)81(12)53(32-45-22-16-14-17-23-45)63(91)75-51(38-84)62(90)76-58(39(2)3)66(94)74-50(68(96)82-31-21-27-52(82)56(87)34-47(70(98)99)26-20-30-72-44(9)71)36-57(88)79(10)43(8)55(86)35-48(37-83)67(95)80(11)54(33-46-24-18-15-19-25-46)64(92)77-59(40(4)5)65(93)73-49(61(89)78-60)29-28-42(7)85/h14-19,22-25,39-41,43,47-54,58-60,83-84H,13,20-21,26-38H2,1-12H3,(H2,71,72)(H,73,93)(H,74,94)(H,75,91)(H,76,90)(H,77,92)(H,78,89)(H,98,99)/t41-,43-,47+,48-,49-,50-,51-,52-,53-,54-,58-,59-,60-/m0/s1. The Morgan fingerprint density at radius 2 is 1.14 bits per heavy atom. The van der Waals surface area contributed by atoms with Crippen molar-refractivity contribution >= 4 is 88.2 Å². The van der Waals surface area contributed by atoms with Gasteiger partial charge in [0.2, 0.25) is 59.1 Å². The number of hydrogen-bond donors (Lipinski definition) is 10. The predicted molar refractivity (Wildman–Crippen MR) is 365 cm³/mol. The molecule has 10 amide bonds. The van der Waals surface area contributed by atoms with E-state index in [1.165, 1.54) is 48.8 Å². The molecule has 29 heteroatoms. The zero-order chi connectivity index (χ0) is 74.1. The van der Waals surface area contributed by atoms with E-state index >= 15 is 9.59 Å². The van der Waals surface area contributed by atoms with Crippen molar-refractivity contribution in [3.63, 3.8) is 0 Å². The number of benzene rings is 2. The van der Waals surface area contributed by atoms with Gasteiger partial charge in [-0.15, -0.1) is 0 Å². The molecule has 0 bridgehead atoms. The number of likely N-dealkylation sites (tertiary alicyclic amines) is 1. The number of nitrogens with zero attached hydrogens (tertiary/aromatic N) is 5. The number of aliphatic hydroxyl groups is 2. The molecule has 2 aromatic carbocycles. The van der Waals surface area contributed by atoms with Gasteiger partial charge in [0.1, 0.15) is 54.1 Å². The van der Waals surface area contributed by atoms with Gasteiger partial charge in [0.05, 0.1) is 49.4 Å². The molecule has 99 heavy (non-hydrogen) atoms. The molecule has 0 aromatic heterocycles. The third-order valence-corrected chi connectivity index (χ3v) is 18.5. The number of aliphatic carboxylic acids is 1. The average molecular weight is 1390 g/mol. The Morgan fingerprint density at radius 1 is 0.636 bits per heavy atom. The Morgan fingerprint density at radius 3 is 1.65 bits per heavy atom. The summed E-state index contributed by atoms with van der Waals surface area (Å²) in [6, 6.07) is 1.86. The van der Waals surface area contributed by atoms with Crippen molar-refractivity contribution in [2.24, 2.45) is 40.3 Å². The molecule has 2 aliphatic rings. The number of hydrogen-bond acceptors (Lipinski definition) is 17. The molecule has 0 radical (unpaired) electrons. The van der Waals surface area contributed by atoms with E-state index in [4.69, 9.17) is 5.73 Å². The van der Waals surface area contributed by atoms with Crippen molar-refractivity contribution in [1.29, 1.82) is 0 Å². The largest absolute Gasteiger partial charge is 0.481 e. The van der Waals surface area contributed by atoms with Crippen molar-refractivity contribution < 1.29 is 82.4 Å². The van der Waals surface area contributed by atoms with Crippen LogP contribution in [0.2, 0.25) is 0 Å². The highest BCUT2D eigenvalue weighted by Crippen LogP contribution is 2.26. The number of aliphatic hydroxyl groups excluding tert-OH is 2. The molecule has 13 atom stereocenters. The van der Waals surface area contributed by atoms with Crippen LogP contribution in [0.1, 0.15) is 138 Å². The topological polar surface area (TPSA) is 423 Å². The Bertz CT molecular complexity index is 3200.